The minimum Gasteiger partial charge on any atom is -0.254 e. The van der Waals surface area contributed by atoms with Crippen LogP contribution in [-0.2, 0) is 10.0 Å². The molecule has 0 spiro atoms. The Hall–Kier alpha value is -2.19. The normalized spacial score (nSPS) is 15.6. The Balaban J connectivity index is 1.96. The molecule has 12 heteroatoms. The van der Waals surface area contributed by atoms with Crippen LogP contribution in [0.15, 0.2) is 41.7 Å². The number of halogens is 3. The first kappa shape index (κ1) is 20.7. The van der Waals surface area contributed by atoms with Gasteiger partial charge < -0.3 is 0 Å². The molecule has 2 aromatic heterocycles. The number of fused-ring (bicyclic) bond motifs is 2. The summed E-state index contributed by atoms with van der Waals surface area (Å²) >= 11 is 2.78. The third kappa shape index (κ3) is 2.84. The molecule has 0 N–H and O–H groups in total. The third-order valence-electron chi connectivity index (χ3n) is 5.51. The average Bonchev–Trinajstić information content (AvgIpc) is 3.24. The lowest BCUT2D eigenvalue weighted by Crippen LogP contribution is -2.37. The number of allylic oxidation sites excluding steroid dienone is 1. The largest absolute Gasteiger partial charge is 0.347 e. The van der Waals surface area contributed by atoms with Crippen LogP contribution in [0.1, 0.15) is 19.3 Å². The first-order valence-electron chi connectivity index (χ1n) is 9.11. The van der Waals surface area contributed by atoms with Crippen molar-refractivity contribution in [2.75, 3.05) is 0 Å². The number of hydrogen-bond donors (Lipinski definition) is 0. The SMILES string of the molecule is C=CCC1(S(=O)(=O)n2c(=O)n(-c3ccc(I)cc3F)c3c(F)c4nnsc4cc32)CC1. The number of benzene rings is 2. The van der Waals surface area contributed by atoms with Gasteiger partial charge in [-0.1, -0.05) is 10.6 Å². The second kappa shape index (κ2) is 6.90. The molecule has 0 saturated heterocycles. The van der Waals surface area contributed by atoms with E-state index in [1.165, 1.54) is 24.3 Å². The molecule has 31 heavy (non-hydrogen) atoms. The number of imidazole rings is 1. The van der Waals surface area contributed by atoms with Gasteiger partial charge in [0.1, 0.15) is 16.9 Å². The van der Waals surface area contributed by atoms with Gasteiger partial charge in [-0.3, -0.25) is 4.57 Å². The molecular weight excluding hydrogens is 561 g/mol. The summed E-state index contributed by atoms with van der Waals surface area (Å²) in [4.78, 5) is 13.5. The Morgan fingerprint density at radius 3 is 2.68 bits per heavy atom. The quantitative estimate of drug-likeness (QED) is 0.266. The summed E-state index contributed by atoms with van der Waals surface area (Å²) in [6, 6.07) is 5.40. The Bertz CT molecular complexity index is 1570. The smallest absolute Gasteiger partial charge is 0.254 e. The minimum absolute atomic E-state index is 0.112. The van der Waals surface area contributed by atoms with E-state index in [1.807, 2.05) is 22.6 Å². The molecule has 7 nitrogen and oxygen atoms in total. The fourth-order valence-electron chi connectivity index (χ4n) is 3.80. The number of rotatable bonds is 5. The van der Waals surface area contributed by atoms with E-state index in [1.54, 1.807) is 6.07 Å². The summed E-state index contributed by atoms with van der Waals surface area (Å²) < 4.78 is 62.2. The first-order chi connectivity index (χ1) is 14.7. The van der Waals surface area contributed by atoms with Gasteiger partial charge >= 0.3 is 5.69 Å². The lowest BCUT2D eigenvalue weighted by Gasteiger charge is -2.15. The van der Waals surface area contributed by atoms with Gasteiger partial charge in [0.2, 0.25) is 10.0 Å². The summed E-state index contributed by atoms with van der Waals surface area (Å²) in [5.41, 5.74) is -1.95. The van der Waals surface area contributed by atoms with Crippen molar-refractivity contribution in [1.29, 1.82) is 0 Å². The number of aromatic nitrogens is 4. The fourth-order valence-corrected chi connectivity index (χ4v) is 6.86. The Labute approximate surface area is 192 Å². The van der Waals surface area contributed by atoms with Crippen LogP contribution in [0.25, 0.3) is 26.9 Å². The molecule has 0 radical (unpaired) electrons. The topological polar surface area (TPSA) is 86.9 Å². The standard InChI is InChI=1S/C19H13F2IN4O3S2/c1-2-5-19(6-7-19)31(28,29)26-13-9-14-16(23-24-30-14)15(21)17(13)25(18(26)27)12-4-3-10(22)8-11(12)20/h2-4,8-9H,1,5-7H2. The van der Waals surface area contributed by atoms with E-state index < -0.39 is 32.1 Å². The van der Waals surface area contributed by atoms with Crippen molar-refractivity contribution in [2.24, 2.45) is 0 Å². The van der Waals surface area contributed by atoms with Gasteiger partial charge in [-0.15, -0.1) is 11.7 Å². The lowest BCUT2D eigenvalue weighted by atomic mass is 10.2. The van der Waals surface area contributed by atoms with Crippen LogP contribution in [0.3, 0.4) is 0 Å². The Morgan fingerprint density at radius 1 is 1.29 bits per heavy atom. The molecule has 0 aliphatic heterocycles. The van der Waals surface area contributed by atoms with E-state index >= 15 is 4.39 Å². The van der Waals surface area contributed by atoms with Crippen LogP contribution in [0, 0.1) is 15.2 Å². The van der Waals surface area contributed by atoms with Crippen LogP contribution in [-0.4, -0.2) is 31.3 Å². The Kier molecular flexibility index (Phi) is 4.61. The molecule has 0 amide bonds. The average molecular weight is 574 g/mol. The lowest BCUT2D eigenvalue weighted by molar-refractivity contribution is 0.565. The zero-order valence-electron chi connectivity index (χ0n) is 15.7. The molecule has 2 aromatic carbocycles. The molecule has 5 rings (SSSR count). The molecule has 1 aliphatic rings. The molecule has 160 valence electrons. The van der Waals surface area contributed by atoms with Gasteiger partial charge in [0.15, 0.2) is 5.82 Å². The van der Waals surface area contributed by atoms with Crippen molar-refractivity contribution in [1.82, 2.24) is 18.1 Å². The van der Waals surface area contributed by atoms with Crippen molar-refractivity contribution in [2.45, 2.75) is 24.0 Å². The van der Waals surface area contributed by atoms with E-state index in [0.717, 1.165) is 16.1 Å². The molecule has 1 saturated carbocycles. The minimum atomic E-state index is -4.24. The van der Waals surface area contributed by atoms with Gasteiger partial charge in [0, 0.05) is 3.57 Å². The predicted octanol–water partition coefficient (Wildman–Crippen LogP) is 3.97. The highest BCUT2D eigenvalue weighted by Gasteiger charge is 2.55. The van der Waals surface area contributed by atoms with Crippen molar-refractivity contribution in [3.8, 4) is 5.69 Å². The van der Waals surface area contributed by atoms with Gasteiger partial charge in [-0.25, -0.2) is 22.0 Å². The molecule has 1 fully saturated rings. The highest BCUT2D eigenvalue weighted by Crippen LogP contribution is 2.48. The monoisotopic (exact) mass is 574 g/mol. The molecule has 4 aromatic rings. The van der Waals surface area contributed by atoms with Crippen LogP contribution < -0.4 is 5.69 Å². The fraction of sp³-hybridized carbons (Fsp3) is 0.211. The number of hydrogen-bond acceptors (Lipinski definition) is 6. The maximum absolute atomic E-state index is 15.5. The molecular formula is C19H13F2IN4O3S2. The highest BCUT2D eigenvalue weighted by atomic mass is 127. The van der Waals surface area contributed by atoms with Crippen molar-refractivity contribution < 1.29 is 17.2 Å². The van der Waals surface area contributed by atoms with Crippen molar-refractivity contribution in [3.05, 3.63) is 62.6 Å². The van der Waals surface area contributed by atoms with E-state index in [0.29, 0.717) is 20.4 Å². The van der Waals surface area contributed by atoms with E-state index in [2.05, 4.69) is 16.2 Å². The van der Waals surface area contributed by atoms with Gasteiger partial charge in [0.25, 0.3) is 0 Å². The van der Waals surface area contributed by atoms with Crippen LogP contribution >= 0.6 is 34.1 Å². The van der Waals surface area contributed by atoms with Gasteiger partial charge in [0.05, 0.1) is 20.7 Å². The summed E-state index contributed by atoms with van der Waals surface area (Å²) in [7, 11) is -4.24. The summed E-state index contributed by atoms with van der Waals surface area (Å²) in [5.74, 6) is -1.72. The van der Waals surface area contributed by atoms with Crippen molar-refractivity contribution >= 4 is 65.4 Å². The molecule has 1 aliphatic carbocycles. The summed E-state index contributed by atoms with van der Waals surface area (Å²) in [6.07, 6.45) is 2.34. The van der Waals surface area contributed by atoms with Crippen LogP contribution in [0.4, 0.5) is 8.78 Å². The number of nitrogens with zero attached hydrogens (tertiary/aromatic N) is 4. The zero-order valence-corrected chi connectivity index (χ0v) is 19.5. The second-order valence-corrected chi connectivity index (χ2v) is 11.5. The maximum Gasteiger partial charge on any atom is 0.347 e. The third-order valence-corrected chi connectivity index (χ3v) is 9.35. The maximum atomic E-state index is 15.5. The summed E-state index contributed by atoms with van der Waals surface area (Å²) in [5, 5.41) is 3.74. The molecule has 0 bridgehead atoms. The van der Waals surface area contributed by atoms with Crippen LogP contribution in [0.5, 0.6) is 0 Å². The van der Waals surface area contributed by atoms with Crippen LogP contribution in [0.2, 0.25) is 0 Å². The van der Waals surface area contributed by atoms with E-state index in [4.69, 9.17) is 0 Å². The van der Waals surface area contributed by atoms with Gasteiger partial charge in [-0.05, 0) is 77.7 Å². The van der Waals surface area contributed by atoms with E-state index in [-0.39, 0.29) is 33.4 Å². The molecule has 0 unspecified atom stereocenters. The molecule has 2 heterocycles. The first-order valence-corrected chi connectivity index (χ1v) is 12.4. The highest BCUT2D eigenvalue weighted by molar-refractivity contribution is 14.1. The molecule has 0 atom stereocenters. The summed E-state index contributed by atoms with van der Waals surface area (Å²) in [6.45, 7) is 3.62. The zero-order chi connectivity index (χ0) is 22.1. The predicted molar refractivity (Wildman–Crippen MR) is 122 cm³/mol. The van der Waals surface area contributed by atoms with Crippen molar-refractivity contribution in [3.63, 3.8) is 0 Å². The van der Waals surface area contributed by atoms with E-state index in [9.17, 15) is 17.6 Å². The van der Waals surface area contributed by atoms with Gasteiger partial charge in [-0.2, -0.15) is 3.97 Å². The Morgan fingerprint density at radius 2 is 2.03 bits per heavy atom. The second-order valence-electron chi connectivity index (χ2n) is 7.34.